The number of piperidine rings is 1. The van der Waals surface area contributed by atoms with Gasteiger partial charge in [-0.3, -0.25) is 4.90 Å². The molecule has 2 rings (SSSR count). The molecule has 1 saturated heterocycles. The first-order chi connectivity index (χ1) is 8.95. The van der Waals surface area contributed by atoms with Crippen LogP contribution in [-0.2, 0) is 0 Å². The molecule has 19 heavy (non-hydrogen) atoms. The molecule has 4 atom stereocenters. The number of nitrogens with zero attached hydrogens (tertiary/aromatic N) is 1. The molecule has 2 fully saturated rings. The number of likely N-dealkylation sites (tertiary alicyclic amines) is 1. The van der Waals surface area contributed by atoms with Crippen LogP contribution >= 0.6 is 0 Å². The normalized spacial score (nSPS) is 32.7. The maximum absolute atomic E-state index is 13.4. The van der Waals surface area contributed by atoms with Gasteiger partial charge in [-0.2, -0.15) is 13.2 Å². The Hall–Kier alpha value is -0.290. The summed E-state index contributed by atoms with van der Waals surface area (Å²) in [6.07, 6.45) is 2.36. The first kappa shape index (κ1) is 15.1. The van der Waals surface area contributed by atoms with E-state index in [1.807, 2.05) is 0 Å². The molecule has 1 aliphatic carbocycles. The molecule has 2 aliphatic rings. The number of alkyl halides is 3. The Balaban J connectivity index is 2.19. The zero-order valence-electron chi connectivity index (χ0n) is 11.6. The van der Waals surface area contributed by atoms with Gasteiger partial charge in [0.15, 0.2) is 0 Å². The summed E-state index contributed by atoms with van der Waals surface area (Å²) in [5.74, 6) is 0.455. The zero-order chi connectivity index (χ0) is 14.0. The summed E-state index contributed by atoms with van der Waals surface area (Å²) in [6, 6.07) is -2.16. The molecular formula is C14H25F3N2. The van der Waals surface area contributed by atoms with E-state index in [4.69, 9.17) is 5.73 Å². The van der Waals surface area contributed by atoms with Crippen molar-refractivity contribution in [1.29, 1.82) is 0 Å². The molecule has 0 spiro atoms. The predicted octanol–water partition coefficient (Wildman–Crippen LogP) is 3.31. The van der Waals surface area contributed by atoms with Gasteiger partial charge in [0.25, 0.3) is 0 Å². The van der Waals surface area contributed by atoms with Crippen LogP contribution in [0.3, 0.4) is 0 Å². The Labute approximate surface area is 113 Å². The minimum atomic E-state index is -4.21. The average Bonchev–Trinajstić information content (AvgIpc) is 2.37. The standard InChI is InChI=1S/C14H25F3N2/c1-2-11(18)13(14(15,16)17)19-9-5-7-10-6-3-4-8-12(10)19/h10-13H,2-9,18H2,1H3. The highest BCUT2D eigenvalue weighted by Gasteiger charge is 2.50. The van der Waals surface area contributed by atoms with Crippen molar-refractivity contribution in [2.75, 3.05) is 6.54 Å². The third kappa shape index (κ3) is 3.24. The minimum Gasteiger partial charge on any atom is -0.326 e. The summed E-state index contributed by atoms with van der Waals surface area (Å²) in [5.41, 5.74) is 5.79. The highest BCUT2D eigenvalue weighted by atomic mass is 19.4. The predicted molar refractivity (Wildman–Crippen MR) is 69.8 cm³/mol. The van der Waals surface area contributed by atoms with E-state index in [2.05, 4.69) is 0 Å². The van der Waals surface area contributed by atoms with Crippen molar-refractivity contribution < 1.29 is 13.2 Å². The van der Waals surface area contributed by atoms with Crippen molar-refractivity contribution in [2.24, 2.45) is 11.7 Å². The van der Waals surface area contributed by atoms with E-state index in [1.54, 1.807) is 11.8 Å². The largest absolute Gasteiger partial charge is 0.405 e. The van der Waals surface area contributed by atoms with Crippen molar-refractivity contribution >= 4 is 0 Å². The molecule has 112 valence electrons. The Morgan fingerprint density at radius 1 is 1.16 bits per heavy atom. The van der Waals surface area contributed by atoms with E-state index in [0.29, 0.717) is 18.9 Å². The second-order valence-corrected chi connectivity index (χ2v) is 6.05. The molecule has 0 aromatic rings. The van der Waals surface area contributed by atoms with Gasteiger partial charge in [0.05, 0.1) is 0 Å². The molecule has 0 aromatic carbocycles. The van der Waals surface area contributed by atoms with Gasteiger partial charge < -0.3 is 5.73 Å². The van der Waals surface area contributed by atoms with Crippen molar-refractivity contribution in [3.8, 4) is 0 Å². The SMILES string of the molecule is CCC(N)C(N1CCCC2CCCCC21)C(F)(F)F. The van der Waals surface area contributed by atoms with Crippen LogP contribution in [0.15, 0.2) is 0 Å². The van der Waals surface area contributed by atoms with Crippen LogP contribution in [0.5, 0.6) is 0 Å². The van der Waals surface area contributed by atoms with Crippen LogP contribution in [0.2, 0.25) is 0 Å². The Morgan fingerprint density at radius 3 is 2.42 bits per heavy atom. The summed E-state index contributed by atoms with van der Waals surface area (Å²) < 4.78 is 40.1. The average molecular weight is 278 g/mol. The maximum atomic E-state index is 13.4. The van der Waals surface area contributed by atoms with Gasteiger partial charge >= 0.3 is 6.18 Å². The molecule has 0 aromatic heterocycles. The molecular weight excluding hydrogens is 253 g/mol. The molecule has 0 bridgehead atoms. The monoisotopic (exact) mass is 278 g/mol. The smallest absolute Gasteiger partial charge is 0.326 e. The van der Waals surface area contributed by atoms with Gasteiger partial charge in [-0.1, -0.05) is 19.8 Å². The highest BCUT2D eigenvalue weighted by molar-refractivity contribution is 4.96. The molecule has 5 heteroatoms. The molecule has 2 nitrogen and oxygen atoms in total. The fourth-order valence-electron chi connectivity index (χ4n) is 3.91. The van der Waals surface area contributed by atoms with E-state index in [0.717, 1.165) is 32.1 Å². The number of hydrogen-bond donors (Lipinski definition) is 1. The quantitative estimate of drug-likeness (QED) is 0.858. The van der Waals surface area contributed by atoms with Crippen LogP contribution < -0.4 is 5.73 Å². The molecule has 1 heterocycles. The highest BCUT2D eigenvalue weighted by Crippen LogP contribution is 2.40. The summed E-state index contributed by atoms with van der Waals surface area (Å²) in [7, 11) is 0. The van der Waals surface area contributed by atoms with Gasteiger partial charge in [0, 0.05) is 12.1 Å². The van der Waals surface area contributed by atoms with Gasteiger partial charge in [-0.25, -0.2) is 0 Å². The third-order valence-corrected chi connectivity index (χ3v) is 4.86. The minimum absolute atomic E-state index is 0.103. The van der Waals surface area contributed by atoms with Crippen molar-refractivity contribution in [1.82, 2.24) is 4.90 Å². The van der Waals surface area contributed by atoms with Crippen LogP contribution in [0.25, 0.3) is 0 Å². The zero-order valence-corrected chi connectivity index (χ0v) is 11.6. The van der Waals surface area contributed by atoms with E-state index in [-0.39, 0.29) is 6.04 Å². The van der Waals surface area contributed by atoms with Crippen LogP contribution in [0.1, 0.15) is 51.9 Å². The summed E-state index contributed by atoms with van der Waals surface area (Å²) in [4.78, 5) is 1.70. The second-order valence-electron chi connectivity index (χ2n) is 6.05. The molecule has 0 radical (unpaired) electrons. The molecule has 0 amide bonds. The van der Waals surface area contributed by atoms with Crippen LogP contribution in [0.4, 0.5) is 13.2 Å². The lowest BCUT2D eigenvalue weighted by Crippen LogP contribution is -2.62. The Bertz CT molecular complexity index is 291. The van der Waals surface area contributed by atoms with E-state index in [1.165, 1.54) is 6.42 Å². The topological polar surface area (TPSA) is 29.3 Å². The fraction of sp³-hybridized carbons (Fsp3) is 1.00. The number of rotatable bonds is 3. The fourth-order valence-corrected chi connectivity index (χ4v) is 3.91. The van der Waals surface area contributed by atoms with Crippen LogP contribution in [-0.4, -0.2) is 35.7 Å². The lowest BCUT2D eigenvalue weighted by atomic mass is 9.77. The molecule has 4 unspecified atom stereocenters. The second kappa shape index (κ2) is 6.00. The van der Waals surface area contributed by atoms with Crippen molar-refractivity contribution in [2.45, 2.75) is 76.2 Å². The first-order valence-electron chi connectivity index (χ1n) is 7.53. The lowest BCUT2D eigenvalue weighted by Gasteiger charge is -2.49. The van der Waals surface area contributed by atoms with Crippen molar-refractivity contribution in [3.05, 3.63) is 0 Å². The van der Waals surface area contributed by atoms with Gasteiger partial charge in [0.2, 0.25) is 0 Å². The molecule has 1 saturated carbocycles. The number of hydrogen-bond acceptors (Lipinski definition) is 2. The molecule has 1 aliphatic heterocycles. The summed E-state index contributed by atoms with van der Waals surface area (Å²) >= 11 is 0. The van der Waals surface area contributed by atoms with Crippen LogP contribution in [0, 0.1) is 5.92 Å². The lowest BCUT2D eigenvalue weighted by molar-refractivity contribution is -0.204. The Morgan fingerprint density at radius 2 is 1.79 bits per heavy atom. The summed E-state index contributed by atoms with van der Waals surface area (Å²) in [6.45, 7) is 2.30. The number of halogens is 3. The number of nitrogens with two attached hydrogens (primary N) is 1. The van der Waals surface area contributed by atoms with Crippen molar-refractivity contribution in [3.63, 3.8) is 0 Å². The van der Waals surface area contributed by atoms with E-state index >= 15 is 0 Å². The van der Waals surface area contributed by atoms with E-state index in [9.17, 15) is 13.2 Å². The Kier molecular flexibility index (Phi) is 4.77. The van der Waals surface area contributed by atoms with Gasteiger partial charge in [-0.15, -0.1) is 0 Å². The first-order valence-corrected chi connectivity index (χ1v) is 7.53. The summed E-state index contributed by atoms with van der Waals surface area (Å²) in [5, 5.41) is 0. The number of fused-ring (bicyclic) bond motifs is 1. The van der Waals surface area contributed by atoms with Gasteiger partial charge in [-0.05, 0) is 44.6 Å². The third-order valence-electron chi connectivity index (χ3n) is 4.86. The molecule has 2 N–H and O–H groups in total. The van der Waals surface area contributed by atoms with E-state index < -0.39 is 18.3 Å². The van der Waals surface area contributed by atoms with Gasteiger partial charge in [0.1, 0.15) is 6.04 Å². The maximum Gasteiger partial charge on any atom is 0.405 e.